The third-order valence-corrected chi connectivity index (χ3v) is 2.95. The number of hydrogen-bond acceptors (Lipinski definition) is 5. The summed E-state index contributed by atoms with van der Waals surface area (Å²) in [5.41, 5.74) is -1.15. The molecular weight excluding hydrogens is 234 g/mol. The fraction of sp³-hybridized carbons (Fsp3) is 0.750. The number of hydrogen-bond donors (Lipinski definition) is 2. The first-order valence-electron chi connectivity index (χ1n) is 6.00. The van der Waals surface area contributed by atoms with Crippen molar-refractivity contribution in [1.29, 1.82) is 0 Å². The minimum Gasteiger partial charge on any atom is -0.480 e. The van der Waals surface area contributed by atoms with Gasteiger partial charge in [-0.2, -0.15) is 4.98 Å². The molecule has 0 aliphatic rings. The summed E-state index contributed by atoms with van der Waals surface area (Å²) in [6, 6.07) is 0. The Morgan fingerprint density at radius 2 is 2.00 bits per heavy atom. The van der Waals surface area contributed by atoms with Crippen molar-refractivity contribution in [1.82, 2.24) is 15.5 Å². The Bertz CT molecular complexity index is 422. The molecule has 18 heavy (non-hydrogen) atoms. The van der Waals surface area contributed by atoms with Crippen LogP contribution in [0, 0.1) is 0 Å². The van der Waals surface area contributed by atoms with Gasteiger partial charge in [-0.1, -0.05) is 32.9 Å². The zero-order chi connectivity index (χ0) is 14.0. The largest absolute Gasteiger partial charge is 0.480 e. The van der Waals surface area contributed by atoms with Gasteiger partial charge in [-0.05, 0) is 13.3 Å². The summed E-state index contributed by atoms with van der Waals surface area (Å²) in [6.07, 6.45) is 0.475. The van der Waals surface area contributed by atoms with E-state index in [1.54, 1.807) is 6.92 Å². The molecule has 1 heterocycles. The molecule has 1 atom stereocenters. The molecule has 1 aromatic rings. The van der Waals surface area contributed by atoms with E-state index >= 15 is 0 Å². The third kappa shape index (κ3) is 3.29. The minimum absolute atomic E-state index is 0.178. The molecule has 0 bridgehead atoms. The standard InChI is InChI=1S/C12H21N3O3/c1-6-12(5,10(16)17)13-7-8-14-9(15-18-8)11(2,3)4/h13H,6-7H2,1-5H3,(H,16,17). The second-order valence-corrected chi connectivity index (χ2v) is 5.61. The van der Waals surface area contributed by atoms with Crippen molar-refractivity contribution in [2.45, 2.75) is 58.5 Å². The van der Waals surface area contributed by atoms with Crippen LogP contribution in [0.15, 0.2) is 4.52 Å². The van der Waals surface area contributed by atoms with Gasteiger partial charge in [0.1, 0.15) is 5.54 Å². The van der Waals surface area contributed by atoms with Crippen LogP contribution in [0.2, 0.25) is 0 Å². The quantitative estimate of drug-likeness (QED) is 0.832. The Labute approximate surface area is 107 Å². The van der Waals surface area contributed by atoms with E-state index in [2.05, 4.69) is 15.5 Å². The normalized spacial score (nSPS) is 15.4. The maximum Gasteiger partial charge on any atom is 0.323 e. The van der Waals surface area contributed by atoms with E-state index in [1.807, 2.05) is 27.7 Å². The maximum absolute atomic E-state index is 11.1. The monoisotopic (exact) mass is 255 g/mol. The molecule has 102 valence electrons. The van der Waals surface area contributed by atoms with Crippen LogP contribution in [0.5, 0.6) is 0 Å². The molecule has 0 aliphatic heterocycles. The van der Waals surface area contributed by atoms with E-state index in [0.717, 1.165) is 0 Å². The van der Waals surface area contributed by atoms with Crippen LogP contribution in [-0.2, 0) is 16.8 Å². The molecule has 0 saturated heterocycles. The fourth-order valence-electron chi connectivity index (χ4n) is 1.25. The SMILES string of the molecule is CCC(C)(NCc1nc(C(C)(C)C)no1)C(=O)O. The van der Waals surface area contributed by atoms with Crippen molar-refractivity contribution in [2.75, 3.05) is 0 Å². The number of nitrogens with zero attached hydrogens (tertiary/aromatic N) is 2. The molecule has 1 rings (SSSR count). The van der Waals surface area contributed by atoms with Crippen molar-refractivity contribution >= 4 is 5.97 Å². The van der Waals surface area contributed by atoms with Gasteiger partial charge in [0.25, 0.3) is 0 Å². The number of nitrogens with one attached hydrogen (secondary N) is 1. The minimum atomic E-state index is -0.976. The highest BCUT2D eigenvalue weighted by Crippen LogP contribution is 2.18. The van der Waals surface area contributed by atoms with Gasteiger partial charge in [0.15, 0.2) is 5.82 Å². The highest BCUT2D eigenvalue weighted by atomic mass is 16.5. The Balaban J connectivity index is 2.70. The molecular formula is C12H21N3O3. The van der Waals surface area contributed by atoms with Crippen LogP contribution < -0.4 is 5.32 Å². The molecule has 0 saturated carbocycles. The number of aromatic nitrogens is 2. The first-order chi connectivity index (χ1) is 8.19. The summed E-state index contributed by atoms with van der Waals surface area (Å²) in [4.78, 5) is 15.4. The van der Waals surface area contributed by atoms with Gasteiger partial charge < -0.3 is 9.63 Å². The van der Waals surface area contributed by atoms with Crippen LogP contribution in [0.1, 0.15) is 52.8 Å². The third-order valence-electron chi connectivity index (χ3n) is 2.95. The van der Waals surface area contributed by atoms with Crippen molar-refractivity contribution in [3.8, 4) is 0 Å². The Kier molecular flexibility index (Phi) is 4.11. The number of carboxylic acid groups (broad SMARTS) is 1. The summed E-state index contributed by atoms with van der Waals surface area (Å²) in [6.45, 7) is 9.67. The van der Waals surface area contributed by atoms with Crippen LogP contribution >= 0.6 is 0 Å². The Morgan fingerprint density at radius 3 is 2.39 bits per heavy atom. The first-order valence-corrected chi connectivity index (χ1v) is 6.00. The lowest BCUT2D eigenvalue weighted by molar-refractivity contribution is -0.144. The van der Waals surface area contributed by atoms with Crippen molar-refractivity contribution < 1.29 is 14.4 Å². The second kappa shape index (κ2) is 5.06. The lowest BCUT2D eigenvalue weighted by atomic mass is 9.96. The van der Waals surface area contributed by atoms with Crippen LogP contribution in [-0.4, -0.2) is 26.8 Å². The molecule has 0 aliphatic carbocycles. The first kappa shape index (κ1) is 14.6. The van der Waals surface area contributed by atoms with E-state index in [9.17, 15) is 4.79 Å². The van der Waals surface area contributed by atoms with E-state index in [-0.39, 0.29) is 12.0 Å². The second-order valence-electron chi connectivity index (χ2n) is 5.61. The summed E-state index contributed by atoms with van der Waals surface area (Å²) in [5, 5.41) is 15.9. The molecule has 0 amide bonds. The van der Waals surface area contributed by atoms with Crippen molar-refractivity contribution in [3.05, 3.63) is 11.7 Å². The lowest BCUT2D eigenvalue weighted by Gasteiger charge is -2.23. The average molecular weight is 255 g/mol. The van der Waals surface area contributed by atoms with E-state index < -0.39 is 11.5 Å². The predicted molar refractivity (Wildman–Crippen MR) is 66.2 cm³/mol. The number of aliphatic carboxylic acids is 1. The van der Waals surface area contributed by atoms with E-state index in [1.165, 1.54) is 0 Å². The molecule has 0 aromatic carbocycles. The summed E-state index contributed by atoms with van der Waals surface area (Å²) < 4.78 is 5.09. The molecule has 2 N–H and O–H groups in total. The van der Waals surface area contributed by atoms with Gasteiger partial charge >= 0.3 is 5.97 Å². The molecule has 6 nitrogen and oxygen atoms in total. The zero-order valence-corrected chi connectivity index (χ0v) is 11.6. The van der Waals surface area contributed by atoms with Crippen molar-refractivity contribution in [2.24, 2.45) is 0 Å². The molecule has 1 unspecified atom stereocenters. The highest BCUT2D eigenvalue weighted by Gasteiger charge is 2.31. The van der Waals surface area contributed by atoms with Gasteiger partial charge in [0.2, 0.25) is 5.89 Å². The number of rotatable bonds is 5. The molecule has 0 fully saturated rings. The van der Waals surface area contributed by atoms with E-state index in [4.69, 9.17) is 9.63 Å². The smallest absolute Gasteiger partial charge is 0.323 e. The van der Waals surface area contributed by atoms with Crippen LogP contribution in [0.4, 0.5) is 0 Å². The number of carbonyl (C=O) groups is 1. The average Bonchev–Trinajstić information content (AvgIpc) is 2.73. The van der Waals surface area contributed by atoms with Crippen LogP contribution in [0.3, 0.4) is 0 Å². The Morgan fingerprint density at radius 1 is 1.39 bits per heavy atom. The predicted octanol–water partition coefficient (Wildman–Crippen LogP) is 1.71. The molecule has 0 spiro atoms. The van der Waals surface area contributed by atoms with Gasteiger partial charge in [0, 0.05) is 5.41 Å². The zero-order valence-electron chi connectivity index (χ0n) is 11.6. The molecule has 1 aromatic heterocycles. The highest BCUT2D eigenvalue weighted by molar-refractivity contribution is 5.78. The van der Waals surface area contributed by atoms with Gasteiger partial charge in [-0.25, -0.2) is 0 Å². The maximum atomic E-state index is 11.1. The molecule has 0 radical (unpaired) electrons. The summed E-state index contributed by atoms with van der Waals surface area (Å²) >= 11 is 0. The summed E-state index contributed by atoms with van der Waals surface area (Å²) in [5.74, 6) is 0.134. The number of carboxylic acids is 1. The van der Waals surface area contributed by atoms with E-state index in [0.29, 0.717) is 18.1 Å². The Hall–Kier alpha value is -1.43. The fourth-order valence-corrected chi connectivity index (χ4v) is 1.25. The van der Waals surface area contributed by atoms with Gasteiger partial charge in [0.05, 0.1) is 6.54 Å². The van der Waals surface area contributed by atoms with Crippen LogP contribution in [0.25, 0.3) is 0 Å². The lowest BCUT2D eigenvalue weighted by Crippen LogP contribution is -2.48. The summed E-state index contributed by atoms with van der Waals surface area (Å²) in [7, 11) is 0. The van der Waals surface area contributed by atoms with Crippen molar-refractivity contribution in [3.63, 3.8) is 0 Å². The topological polar surface area (TPSA) is 88.3 Å². The van der Waals surface area contributed by atoms with Gasteiger partial charge in [-0.15, -0.1) is 0 Å². The van der Waals surface area contributed by atoms with Gasteiger partial charge in [-0.3, -0.25) is 10.1 Å². The molecule has 6 heteroatoms.